The highest BCUT2D eigenvalue weighted by Gasteiger charge is 2.32. The third-order valence-electron chi connectivity index (χ3n) is 8.85. The molecule has 43 heavy (non-hydrogen) atoms. The first kappa shape index (κ1) is 37.0. The van der Waals surface area contributed by atoms with E-state index in [0.29, 0.717) is 13.2 Å². The van der Waals surface area contributed by atoms with E-state index in [-0.39, 0.29) is 10.8 Å². The number of hydrogen-bond donors (Lipinski definition) is 0. The molecule has 0 saturated heterocycles. The maximum atomic E-state index is 5.91. The Labute approximate surface area is 265 Å². The summed E-state index contributed by atoms with van der Waals surface area (Å²) in [6.45, 7) is 9.56. The van der Waals surface area contributed by atoms with Crippen LogP contribution in [0.4, 0.5) is 0 Å². The number of unbranched alkanes of at least 4 members (excludes halogenated alkanes) is 12. The first-order chi connectivity index (χ1) is 21.2. The van der Waals surface area contributed by atoms with E-state index in [1.54, 1.807) is 0 Å². The zero-order valence-corrected chi connectivity index (χ0v) is 28.0. The second-order valence-electron chi connectivity index (χ2n) is 12.4. The van der Waals surface area contributed by atoms with Gasteiger partial charge in [0, 0.05) is 10.8 Å². The molecule has 0 aromatic heterocycles. The molecule has 2 atom stereocenters. The van der Waals surface area contributed by atoms with Gasteiger partial charge in [0.15, 0.2) is 0 Å². The Balaban J connectivity index is 2.03. The minimum Gasteiger partial charge on any atom is -0.205 e. The standard InChI is InChI=1S/C40H62O3/c1-5-9-11-13-15-17-25-33-39(31-7-3,37-27-21-19-22-28-37)35-41-43-42-36-40(32-8-4,38-29-23-20-24-30-38)34-26-18-16-14-12-10-6-2/h7-8,19-24,27-32H,5-6,9-18,25-26,33-36H2,1-4H3. The molecule has 0 aliphatic heterocycles. The molecule has 2 aromatic carbocycles. The van der Waals surface area contributed by atoms with Crippen LogP contribution >= 0.6 is 0 Å². The SMILES string of the molecule is CC=CC(CCCCCCCCC)(COOOCC(C=CC)(CCCCCCCCC)c1ccccc1)c1ccccc1. The van der Waals surface area contributed by atoms with Gasteiger partial charge in [-0.15, -0.1) is 0 Å². The molecule has 0 aliphatic rings. The fourth-order valence-corrected chi connectivity index (χ4v) is 6.32. The van der Waals surface area contributed by atoms with Gasteiger partial charge in [0.1, 0.15) is 0 Å². The van der Waals surface area contributed by atoms with Crippen molar-refractivity contribution in [2.75, 3.05) is 13.2 Å². The van der Waals surface area contributed by atoms with Crippen molar-refractivity contribution in [1.29, 1.82) is 0 Å². The van der Waals surface area contributed by atoms with E-state index >= 15 is 0 Å². The summed E-state index contributed by atoms with van der Waals surface area (Å²) < 4.78 is 0. The fourth-order valence-electron chi connectivity index (χ4n) is 6.32. The van der Waals surface area contributed by atoms with Crippen molar-refractivity contribution in [2.45, 2.75) is 141 Å². The molecule has 3 heteroatoms. The minimum absolute atomic E-state index is 0.250. The van der Waals surface area contributed by atoms with Crippen molar-refractivity contribution in [3.05, 3.63) is 96.1 Å². The van der Waals surface area contributed by atoms with Gasteiger partial charge in [-0.05, 0) is 37.8 Å². The molecular formula is C40H62O3. The van der Waals surface area contributed by atoms with Crippen LogP contribution < -0.4 is 0 Å². The van der Waals surface area contributed by atoms with Crippen LogP contribution in [0.5, 0.6) is 0 Å². The number of hydrogen-bond acceptors (Lipinski definition) is 3. The van der Waals surface area contributed by atoms with E-state index < -0.39 is 0 Å². The lowest BCUT2D eigenvalue weighted by Gasteiger charge is -2.32. The van der Waals surface area contributed by atoms with E-state index in [9.17, 15) is 0 Å². The van der Waals surface area contributed by atoms with E-state index in [1.807, 2.05) is 0 Å². The van der Waals surface area contributed by atoms with Crippen molar-refractivity contribution in [3.8, 4) is 0 Å². The Morgan fingerprint density at radius 1 is 0.488 bits per heavy atom. The molecule has 2 aromatic rings. The summed E-state index contributed by atoms with van der Waals surface area (Å²) in [5, 5.41) is 5.56. The molecule has 0 bridgehead atoms. The molecule has 0 amide bonds. The smallest absolute Gasteiger partial charge is 0.0985 e. The van der Waals surface area contributed by atoms with E-state index in [2.05, 4.69) is 113 Å². The van der Waals surface area contributed by atoms with Gasteiger partial charge in [0.25, 0.3) is 0 Å². The van der Waals surface area contributed by atoms with Gasteiger partial charge in [0.2, 0.25) is 0 Å². The van der Waals surface area contributed by atoms with Crippen molar-refractivity contribution in [2.24, 2.45) is 0 Å². The summed E-state index contributed by atoms with van der Waals surface area (Å²) in [6.07, 6.45) is 28.9. The highest BCUT2D eigenvalue weighted by atomic mass is 17.5. The second kappa shape index (κ2) is 23.2. The summed E-state index contributed by atoms with van der Waals surface area (Å²) in [6, 6.07) is 21.5. The summed E-state index contributed by atoms with van der Waals surface area (Å²) in [7, 11) is 0. The Morgan fingerprint density at radius 2 is 0.837 bits per heavy atom. The normalized spacial score (nSPS) is 14.8. The van der Waals surface area contributed by atoms with Crippen molar-refractivity contribution in [1.82, 2.24) is 0 Å². The summed E-state index contributed by atoms with van der Waals surface area (Å²) in [4.78, 5) is 11.8. The van der Waals surface area contributed by atoms with Crippen LogP contribution in [0.1, 0.15) is 142 Å². The van der Waals surface area contributed by atoms with Crippen molar-refractivity contribution >= 4 is 0 Å². The van der Waals surface area contributed by atoms with E-state index in [1.165, 1.54) is 88.2 Å². The topological polar surface area (TPSA) is 27.7 Å². The predicted octanol–water partition coefficient (Wildman–Crippen LogP) is 12.2. The predicted molar refractivity (Wildman–Crippen MR) is 184 cm³/mol. The van der Waals surface area contributed by atoms with Crippen LogP contribution in [-0.4, -0.2) is 13.2 Å². The van der Waals surface area contributed by atoms with Crippen molar-refractivity contribution in [3.63, 3.8) is 0 Å². The Kier molecular flexibility index (Phi) is 20.0. The van der Waals surface area contributed by atoms with Crippen LogP contribution in [-0.2, 0) is 25.6 Å². The maximum absolute atomic E-state index is 5.91. The average Bonchev–Trinajstić information content (AvgIpc) is 3.04. The quantitative estimate of drug-likeness (QED) is 0.0472. The molecule has 0 N–H and O–H groups in total. The van der Waals surface area contributed by atoms with Crippen LogP contribution in [0, 0.1) is 0 Å². The van der Waals surface area contributed by atoms with Gasteiger partial charge in [-0.1, -0.05) is 194 Å². The first-order valence-electron chi connectivity index (χ1n) is 17.5. The molecule has 0 saturated carbocycles. The van der Waals surface area contributed by atoms with Crippen LogP contribution in [0.15, 0.2) is 85.0 Å². The number of allylic oxidation sites excluding steroid dienone is 2. The lowest BCUT2D eigenvalue weighted by molar-refractivity contribution is -0.517. The summed E-state index contributed by atoms with van der Waals surface area (Å²) >= 11 is 0. The highest BCUT2D eigenvalue weighted by Crippen LogP contribution is 2.35. The first-order valence-corrected chi connectivity index (χ1v) is 17.5. The minimum atomic E-state index is -0.250. The summed E-state index contributed by atoms with van der Waals surface area (Å²) in [5.41, 5.74) is 2.02. The third kappa shape index (κ3) is 14.0. The monoisotopic (exact) mass is 590 g/mol. The Hall–Kier alpha value is -2.20. The zero-order valence-electron chi connectivity index (χ0n) is 28.0. The van der Waals surface area contributed by atoms with Gasteiger partial charge >= 0.3 is 0 Å². The second-order valence-corrected chi connectivity index (χ2v) is 12.4. The molecule has 0 heterocycles. The van der Waals surface area contributed by atoms with Crippen molar-refractivity contribution < 1.29 is 14.8 Å². The molecule has 0 aliphatic carbocycles. The molecule has 0 fully saturated rings. The molecule has 2 rings (SSSR count). The maximum Gasteiger partial charge on any atom is 0.0985 e. The molecule has 240 valence electrons. The highest BCUT2D eigenvalue weighted by molar-refractivity contribution is 5.32. The van der Waals surface area contributed by atoms with Crippen LogP contribution in [0.2, 0.25) is 0 Å². The molecular weight excluding hydrogens is 528 g/mol. The van der Waals surface area contributed by atoms with Crippen LogP contribution in [0.25, 0.3) is 0 Å². The zero-order chi connectivity index (χ0) is 30.9. The number of benzene rings is 2. The fraction of sp³-hybridized carbons (Fsp3) is 0.600. The number of rotatable bonds is 26. The van der Waals surface area contributed by atoms with Crippen LogP contribution in [0.3, 0.4) is 0 Å². The Bertz CT molecular complexity index is 890. The lowest BCUT2D eigenvalue weighted by Crippen LogP contribution is -2.32. The molecule has 3 nitrogen and oxygen atoms in total. The largest absolute Gasteiger partial charge is 0.205 e. The van der Waals surface area contributed by atoms with Gasteiger partial charge in [-0.3, -0.25) is 0 Å². The van der Waals surface area contributed by atoms with E-state index in [4.69, 9.17) is 14.8 Å². The van der Waals surface area contributed by atoms with Gasteiger partial charge < -0.3 is 0 Å². The van der Waals surface area contributed by atoms with Gasteiger partial charge in [0.05, 0.1) is 13.2 Å². The van der Waals surface area contributed by atoms with Gasteiger partial charge in [-0.2, -0.15) is 0 Å². The molecule has 0 spiro atoms. The summed E-state index contributed by atoms with van der Waals surface area (Å²) in [5.74, 6) is 0. The Morgan fingerprint density at radius 3 is 1.19 bits per heavy atom. The molecule has 2 unspecified atom stereocenters. The van der Waals surface area contributed by atoms with Gasteiger partial charge in [-0.25, -0.2) is 9.78 Å². The van der Waals surface area contributed by atoms with E-state index in [0.717, 1.165) is 25.7 Å². The molecule has 0 radical (unpaired) electrons. The average molecular weight is 591 g/mol. The lowest BCUT2D eigenvalue weighted by atomic mass is 9.76. The third-order valence-corrected chi connectivity index (χ3v) is 8.85.